The van der Waals surface area contributed by atoms with Crippen molar-refractivity contribution >= 4 is 29.3 Å². The molecule has 1 saturated heterocycles. The minimum Gasteiger partial charge on any atom is -0.445 e. The second-order valence-corrected chi connectivity index (χ2v) is 8.51. The van der Waals surface area contributed by atoms with Crippen molar-refractivity contribution in [2.45, 2.75) is 19.1 Å². The lowest BCUT2D eigenvalue weighted by Crippen LogP contribution is -2.55. The Hall–Kier alpha value is -2.67. The molecule has 166 valence electrons. The third-order valence-electron chi connectivity index (χ3n) is 5.49. The smallest absolute Gasteiger partial charge is 0.410 e. The number of rotatable bonds is 4. The van der Waals surface area contributed by atoms with Crippen LogP contribution in [-0.2, 0) is 21.6 Å². The lowest BCUT2D eigenvalue weighted by Gasteiger charge is -2.44. The molecule has 1 unspecified atom stereocenters. The molecule has 1 amide bonds. The van der Waals surface area contributed by atoms with Gasteiger partial charge in [0.05, 0.1) is 29.5 Å². The summed E-state index contributed by atoms with van der Waals surface area (Å²) >= 11 is 12.3. The second kappa shape index (κ2) is 9.45. The van der Waals surface area contributed by atoms with Gasteiger partial charge in [-0.15, -0.1) is 0 Å². The molecule has 1 aliphatic rings. The number of carbonyl (C=O) groups excluding carboxylic acids is 1. The molecule has 32 heavy (non-hydrogen) atoms. The van der Waals surface area contributed by atoms with Crippen molar-refractivity contribution in [2.24, 2.45) is 0 Å². The average Bonchev–Trinajstić information content (AvgIpc) is 2.80. The lowest BCUT2D eigenvalue weighted by atomic mass is 9.89. The first-order valence-electron chi connectivity index (χ1n) is 10.1. The van der Waals surface area contributed by atoms with Gasteiger partial charge in [-0.2, -0.15) is 0 Å². The van der Waals surface area contributed by atoms with E-state index in [1.807, 2.05) is 43.3 Å². The van der Waals surface area contributed by atoms with E-state index in [2.05, 4.69) is 4.98 Å². The highest BCUT2D eigenvalue weighted by atomic mass is 35.5. The first-order chi connectivity index (χ1) is 15.4. The number of nitrogens with zero attached hydrogens (tertiary/aromatic N) is 2. The normalized spacial score (nSPS) is 18.4. The van der Waals surface area contributed by atoms with Crippen LogP contribution in [0.5, 0.6) is 0 Å². The van der Waals surface area contributed by atoms with Crippen LogP contribution < -0.4 is 0 Å². The summed E-state index contributed by atoms with van der Waals surface area (Å²) in [6, 6.07) is 17.3. The first kappa shape index (κ1) is 22.5. The minimum atomic E-state index is -0.836. The SMILES string of the molecule is CC1(c2cc(Cl)nc(-c3ccc(F)c(Cl)c3)c2)COCCN1C(=O)OCc1ccccc1. The molecule has 4 rings (SSSR count). The third-order valence-corrected chi connectivity index (χ3v) is 5.98. The molecule has 1 aromatic heterocycles. The van der Waals surface area contributed by atoms with Crippen LogP contribution in [0.2, 0.25) is 10.2 Å². The van der Waals surface area contributed by atoms with Gasteiger partial charge in [-0.1, -0.05) is 53.5 Å². The number of ether oxygens (including phenoxy) is 2. The van der Waals surface area contributed by atoms with Crippen LogP contribution >= 0.6 is 23.2 Å². The Balaban J connectivity index is 1.64. The molecular formula is C24H21Cl2FN2O3. The summed E-state index contributed by atoms with van der Waals surface area (Å²) in [6.45, 7) is 3.08. The van der Waals surface area contributed by atoms with E-state index in [0.29, 0.717) is 24.4 Å². The maximum Gasteiger partial charge on any atom is 0.410 e. The van der Waals surface area contributed by atoms with Gasteiger partial charge in [0, 0.05) is 12.1 Å². The fraction of sp³-hybridized carbons (Fsp3) is 0.250. The standard InChI is InChI=1S/C24H21Cl2FN2O3/c1-24(15-31-10-9-29(24)23(30)32-14-16-5-3-2-4-6-16)18-12-21(28-22(26)13-18)17-7-8-20(27)19(25)11-17/h2-8,11-13H,9-10,14-15H2,1H3. The fourth-order valence-electron chi connectivity index (χ4n) is 3.69. The van der Waals surface area contributed by atoms with Crippen LogP contribution in [0, 0.1) is 5.82 Å². The van der Waals surface area contributed by atoms with E-state index in [1.54, 1.807) is 17.0 Å². The van der Waals surface area contributed by atoms with Crippen molar-refractivity contribution in [2.75, 3.05) is 19.8 Å². The molecule has 8 heteroatoms. The number of halogens is 3. The topological polar surface area (TPSA) is 51.7 Å². The van der Waals surface area contributed by atoms with Crippen LogP contribution in [0.4, 0.5) is 9.18 Å². The van der Waals surface area contributed by atoms with Gasteiger partial charge in [0.1, 0.15) is 17.6 Å². The predicted molar refractivity (Wildman–Crippen MR) is 121 cm³/mol. The van der Waals surface area contributed by atoms with Crippen LogP contribution in [0.1, 0.15) is 18.1 Å². The first-order valence-corrected chi connectivity index (χ1v) is 10.8. The molecule has 5 nitrogen and oxygen atoms in total. The Morgan fingerprint density at radius 2 is 1.97 bits per heavy atom. The Labute approximate surface area is 195 Å². The quantitative estimate of drug-likeness (QED) is 0.430. The van der Waals surface area contributed by atoms with E-state index in [4.69, 9.17) is 32.7 Å². The average molecular weight is 475 g/mol. The number of pyridine rings is 1. The third kappa shape index (κ3) is 4.72. The summed E-state index contributed by atoms with van der Waals surface area (Å²) in [5.74, 6) is -0.516. The molecule has 0 radical (unpaired) electrons. The molecule has 0 aliphatic carbocycles. The number of hydrogen-bond acceptors (Lipinski definition) is 4. The molecule has 0 saturated carbocycles. The van der Waals surface area contributed by atoms with E-state index in [0.717, 1.165) is 11.1 Å². The largest absolute Gasteiger partial charge is 0.445 e. The Bertz CT molecular complexity index is 1130. The van der Waals surface area contributed by atoms with E-state index < -0.39 is 17.4 Å². The van der Waals surface area contributed by atoms with Gasteiger partial charge in [-0.3, -0.25) is 4.90 Å². The highest BCUT2D eigenvalue weighted by Gasteiger charge is 2.41. The molecule has 1 fully saturated rings. The summed E-state index contributed by atoms with van der Waals surface area (Å²) in [4.78, 5) is 19.0. The zero-order chi connectivity index (χ0) is 22.7. The number of carbonyl (C=O) groups is 1. The van der Waals surface area contributed by atoms with Gasteiger partial charge in [0.2, 0.25) is 0 Å². The molecule has 0 spiro atoms. The van der Waals surface area contributed by atoms with E-state index in [9.17, 15) is 9.18 Å². The molecule has 0 N–H and O–H groups in total. The van der Waals surface area contributed by atoms with Gasteiger partial charge < -0.3 is 9.47 Å². The molecule has 2 heterocycles. The van der Waals surface area contributed by atoms with Crippen molar-refractivity contribution in [3.05, 3.63) is 87.8 Å². The van der Waals surface area contributed by atoms with Crippen LogP contribution in [0.25, 0.3) is 11.3 Å². The predicted octanol–water partition coefficient (Wildman–Crippen LogP) is 6.08. The Kier molecular flexibility index (Phi) is 6.65. The van der Waals surface area contributed by atoms with E-state index in [1.165, 1.54) is 12.1 Å². The summed E-state index contributed by atoms with van der Waals surface area (Å²) in [5, 5.41) is 0.228. The van der Waals surface area contributed by atoms with Gasteiger partial charge in [-0.25, -0.2) is 14.2 Å². The molecular weight excluding hydrogens is 454 g/mol. The zero-order valence-electron chi connectivity index (χ0n) is 17.4. The Morgan fingerprint density at radius 1 is 1.19 bits per heavy atom. The number of amides is 1. The summed E-state index contributed by atoms with van der Waals surface area (Å²) in [6.07, 6.45) is -0.445. The fourth-order valence-corrected chi connectivity index (χ4v) is 4.08. The van der Waals surface area contributed by atoms with Gasteiger partial charge in [0.15, 0.2) is 0 Å². The van der Waals surface area contributed by atoms with Crippen molar-refractivity contribution < 1.29 is 18.7 Å². The summed E-state index contributed by atoms with van der Waals surface area (Å²) in [7, 11) is 0. The molecule has 0 bridgehead atoms. The van der Waals surface area contributed by atoms with E-state index in [-0.39, 0.29) is 23.4 Å². The molecule has 3 aromatic rings. The molecule has 1 atom stereocenters. The van der Waals surface area contributed by atoms with Crippen molar-refractivity contribution in [3.63, 3.8) is 0 Å². The summed E-state index contributed by atoms with van der Waals surface area (Å²) in [5.41, 5.74) is 1.91. The highest BCUT2D eigenvalue weighted by Crippen LogP contribution is 2.35. The lowest BCUT2D eigenvalue weighted by molar-refractivity contribution is -0.0581. The number of hydrogen-bond donors (Lipinski definition) is 0. The maximum atomic E-state index is 13.6. The van der Waals surface area contributed by atoms with E-state index >= 15 is 0 Å². The van der Waals surface area contributed by atoms with Gasteiger partial charge >= 0.3 is 6.09 Å². The number of benzene rings is 2. The summed E-state index contributed by atoms with van der Waals surface area (Å²) < 4.78 is 24.9. The van der Waals surface area contributed by atoms with Crippen LogP contribution in [-0.4, -0.2) is 35.7 Å². The monoisotopic (exact) mass is 474 g/mol. The number of aromatic nitrogens is 1. The van der Waals surface area contributed by atoms with Gasteiger partial charge in [0.25, 0.3) is 0 Å². The van der Waals surface area contributed by atoms with Gasteiger partial charge in [-0.05, 0) is 48.4 Å². The molecule has 2 aromatic carbocycles. The minimum absolute atomic E-state index is 0.0100. The second-order valence-electron chi connectivity index (χ2n) is 7.71. The highest BCUT2D eigenvalue weighted by molar-refractivity contribution is 6.31. The molecule has 1 aliphatic heterocycles. The van der Waals surface area contributed by atoms with Crippen molar-refractivity contribution in [1.82, 2.24) is 9.88 Å². The van der Waals surface area contributed by atoms with Crippen molar-refractivity contribution in [1.29, 1.82) is 0 Å². The van der Waals surface area contributed by atoms with Crippen molar-refractivity contribution in [3.8, 4) is 11.3 Å². The van der Waals surface area contributed by atoms with Crippen LogP contribution in [0.3, 0.4) is 0 Å². The van der Waals surface area contributed by atoms with Crippen LogP contribution in [0.15, 0.2) is 60.7 Å². The maximum absolute atomic E-state index is 13.6. The number of morpholine rings is 1. The Morgan fingerprint density at radius 3 is 2.72 bits per heavy atom. The zero-order valence-corrected chi connectivity index (χ0v) is 18.9.